The van der Waals surface area contributed by atoms with Crippen LogP contribution in [0.3, 0.4) is 0 Å². The van der Waals surface area contributed by atoms with Crippen molar-refractivity contribution >= 4 is 22.8 Å². The van der Waals surface area contributed by atoms with E-state index in [0.717, 1.165) is 48.1 Å². The van der Waals surface area contributed by atoms with Crippen molar-refractivity contribution in [2.75, 3.05) is 13.2 Å². The average Bonchev–Trinajstić information content (AvgIpc) is 3.44. The first-order valence-electron chi connectivity index (χ1n) is 14.0. The number of aromatic nitrogens is 1. The van der Waals surface area contributed by atoms with E-state index in [1.807, 2.05) is 24.3 Å². The Morgan fingerprint density at radius 1 is 0.805 bits per heavy atom. The van der Waals surface area contributed by atoms with Gasteiger partial charge in [0.2, 0.25) is 0 Å². The zero-order chi connectivity index (χ0) is 28.2. The smallest absolute Gasteiger partial charge is 0.335 e. The number of benzene rings is 4. The van der Waals surface area contributed by atoms with Crippen LogP contribution in [0.1, 0.15) is 56.2 Å². The standard InChI is InChI=1S/C35H32N2O4/c38-34(36-22-24-6-12-29(13-7-24)35(39)40)32-15-14-30(28-17-20-41-21-18-28)31-16-19-37(33(31)32)23-25-8-10-27(11-9-25)26-4-2-1-3-5-26/h1-16,19,28H,17-18,20-23H2,(H,36,38)(H,39,40). The Morgan fingerprint density at radius 2 is 1.49 bits per heavy atom. The van der Waals surface area contributed by atoms with Gasteiger partial charge in [-0.2, -0.15) is 0 Å². The fraction of sp³-hybridized carbons (Fsp3) is 0.200. The lowest BCUT2D eigenvalue weighted by Gasteiger charge is -2.24. The van der Waals surface area contributed by atoms with E-state index >= 15 is 0 Å². The van der Waals surface area contributed by atoms with Gasteiger partial charge < -0.3 is 19.7 Å². The lowest BCUT2D eigenvalue weighted by Crippen LogP contribution is -2.24. The third kappa shape index (κ3) is 5.79. The zero-order valence-corrected chi connectivity index (χ0v) is 22.8. The summed E-state index contributed by atoms with van der Waals surface area (Å²) in [6, 6.07) is 31.7. The van der Waals surface area contributed by atoms with E-state index in [1.165, 1.54) is 16.7 Å². The van der Waals surface area contributed by atoms with Gasteiger partial charge in [-0.05, 0) is 70.8 Å². The molecule has 2 N–H and O–H groups in total. The van der Waals surface area contributed by atoms with Gasteiger partial charge in [0.05, 0.1) is 16.6 Å². The molecule has 1 fully saturated rings. The lowest BCUT2D eigenvalue weighted by atomic mass is 9.88. The molecule has 206 valence electrons. The minimum atomic E-state index is -0.969. The molecule has 0 saturated carbocycles. The predicted molar refractivity (Wildman–Crippen MR) is 160 cm³/mol. The first kappa shape index (κ1) is 26.5. The van der Waals surface area contributed by atoms with Crippen molar-refractivity contribution in [3.05, 3.63) is 131 Å². The summed E-state index contributed by atoms with van der Waals surface area (Å²) in [5.41, 5.74) is 7.40. The molecule has 1 amide bonds. The van der Waals surface area contributed by atoms with Crippen LogP contribution in [-0.4, -0.2) is 34.8 Å². The van der Waals surface area contributed by atoms with E-state index in [4.69, 9.17) is 9.84 Å². The Morgan fingerprint density at radius 3 is 2.20 bits per heavy atom. The Bertz CT molecular complexity index is 1670. The number of carboxylic acids is 1. The van der Waals surface area contributed by atoms with Crippen molar-refractivity contribution < 1.29 is 19.4 Å². The molecule has 1 aliphatic rings. The Kier molecular flexibility index (Phi) is 7.65. The van der Waals surface area contributed by atoms with Crippen LogP contribution in [-0.2, 0) is 17.8 Å². The molecule has 6 heteroatoms. The second kappa shape index (κ2) is 11.8. The van der Waals surface area contributed by atoms with Crippen molar-refractivity contribution in [3.8, 4) is 11.1 Å². The molecule has 2 heterocycles. The SMILES string of the molecule is O=C(O)c1ccc(CNC(=O)c2ccc(C3CCOCC3)c3ccn(Cc4ccc(-c5ccccc5)cc4)c23)cc1. The predicted octanol–water partition coefficient (Wildman–Crippen LogP) is 6.88. The number of aromatic carboxylic acids is 1. The van der Waals surface area contributed by atoms with Crippen molar-refractivity contribution in [2.45, 2.75) is 31.8 Å². The highest BCUT2D eigenvalue weighted by molar-refractivity contribution is 6.07. The molecule has 5 aromatic rings. The van der Waals surface area contributed by atoms with Crippen LogP contribution in [0, 0.1) is 0 Å². The monoisotopic (exact) mass is 544 g/mol. The number of nitrogens with one attached hydrogen (secondary N) is 1. The molecular formula is C35H32N2O4. The summed E-state index contributed by atoms with van der Waals surface area (Å²) in [5, 5.41) is 13.3. The van der Waals surface area contributed by atoms with E-state index in [2.05, 4.69) is 64.6 Å². The maximum Gasteiger partial charge on any atom is 0.335 e. The van der Waals surface area contributed by atoms with Crippen molar-refractivity contribution in [2.24, 2.45) is 0 Å². The van der Waals surface area contributed by atoms with E-state index in [9.17, 15) is 9.59 Å². The topological polar surface area (TPSA) is 80.6 Å². The van der Waals surface area contributed by atoms with Crippen molar-refractivity contribution in [3.63, 3.8) is 0 Å². The number of hydrogen-bond acceptors (Lipinski definition) is 3. The second-order valence-corrected chi connectivity index (χ2v) is 10.5. The van der Waals surface area contributed by atoms with Gasteiger partial charge in [-0.25, -0.2) is 4.79 Å². The second-order valence-electron chi connectivity index (χ2n) is 10.5. The van der Waals surface area contributed by atoms with Gasteiger partial charge in [0, 0.05) is 37.9 Å². The maximum atomic E-state index is 13.6. The van der Waals surface area contributed by atoms with Gasteiger partial charge in [-0.1, -0.05) is 72.8 Å². The largest absolute Gasteiger partial charge is 0.478 e. The first-order valence-corrected chi connectivity index (χ1v) is 14.0. The molecular weight excluding hydrogens is 512 g/mol. The third-order valence-corrected chi connectivity index (χ3v) is 7.93. The summed E-state index contributed by atoms with van der Waals surface area (Å²) < 4.78 is 7.79. The summed E-state index contributed by atoms with van der Waals surface area (Å²) in [6.45, 7) is 2.46. The molecule has 0 bridgehead atoms. The molecule has 41 heavy (non-hydrogen) atoms. The Balaban J connectivity index is 1.30. The number of amides is 1. The fourth-order valence-electron chi connectivity index (χ4n) is 5.70. The molecule has 1 saturated heterocycles. The van der Waals surface area contributed by atoms with E-state index < -0.39 is 5.97 Å². The van der Waals surface area contributed by atoms with Crippen molar-refractivity contribution in [1.82, 2.24) is 9.88 Å². The summed E-state index contributed by atoms with van der Waals surface area (Å²) in [6.07, 6.45) is 4.03. The van der Waals surface area contributed by atoms with Crippen LogP contribution in [0.15, 0.2) is 103 Å². The lowest BCUT2D eigenvalue weighted by molar-refractivity contribution is 0.0696. The van der Waals surface area contributed by atoms with Crippen LogP contribution in [0.4, 0.5) is 0 Å². The van der Waals surface area contributed by atoms with E-state index in [1.54, 1.807) is 24.3 Å². The molecule has 0 radical (unpaired) electrons. The summed E-state index contributed by atoms with van der Waals surface area (Å²) in [4.78, 5) is 24.7. The number of nitrogens with zero attached hydrogens (tertiary/aromatic N) is 1. The van der Waals surface area contributed by atoms with Gasteiger partial charge in [0.15, 0.2) is 0 Å². The Labute approximate surface area is 239 Å². The van der Waals surface area contributed by atoms with E-state index in [-0.39, 0.29) is 11.5 Å². The highest BCUT2D eigenvalue weighted by Gasteiger charge is 2.22. The minimum absolute atomic E-state index is 0.157. The number of rotatable bonds is 8. The number of carbonyl (C=O) groups is 2. The molecule has 6 nitrogen and oxygen atoms in total. The zero-order valence-electron chi connectivity index (χ0n) is 22.8. The molecule has 0 unspecified atom stereocenters. The van der Waals surface area contributed by atoms with Crippen molar-refractivity contribution in [1.29, 1.82) is 0 Å². The molecule has 6 rings (SSSR count). The molecule has 1 aliphatic heterocycles. The normalized spacial score (nSPS) is 13.8. The quantitative estimate of drug-likeness (QED) is 0.223. The van der Waals surface area contributed by atoms with Gasteiger partial charge >= 0.3 is 5.97 Å². The van der Waals surface area contributed by atoms with Crippen LogP contribution in [0.5, 0.6) is 0 Å². The highest BCUT2D eigenvalue weighted by atomic mass is 16.5. The van der Waals surface area contributed by atoms with Crippen LogP contribution < -0.4 is 5.32 Å². The number of carboxylic acid groups (broad SMARTS) is 1. The molecule has 0 aliphatic carbocycles. The van der Waals surface area contributed by atoms with Crippen LogP contribution in [0.2, 0.25) is 0 Å². The third-order valence-electron chi connectivity index (χ3n) is 7.93. The average molecular weight is 545 g/mol. The summed E-state index contributed by atoms with van der Waals surface area (Å²) >= 11 is 0. The van der Waals surface area contributed by atoms with Gasteiger partial charge in [-0.3, -0.25) is 4.79 Å². The van der Waals surface area contributed by atoms with Gasteiger partial charge in [-0.15, -0.1) is 0 Å². The van der Waals surface area contributed by atoms with Crippen LogP contribution in [0.25, 0.3) is 22.0 Å². The fourth-order valence-corrected chi connectivity index (χ4v) is 5.70. The van der Waals surface area contributed by atoms with Gasteiger partial charge in [0.1, 0.15) is 0 Å². The number of hydrogen-bond donors (Lipinski definition) is 2. The maximum absolute atomic E-state index is 13.6. The highest BCUT2D eigenvalue weighted by Crippen LogP contribution is 2.35. The summed E-state index contributed by atoms with van der Waals surface area (Å²) in [5.74, 6) is -0.726. The Hall–Kier alpha value is -4.68. The molecule has 0 spiro atoms. The number of fused-ring (bicyclic) bond motifs is 1. The molecule has 1 aromatic heterocycles. The number of carbonyl (C=O) groups excluding carboxylic acids is 1. The van der Waals surface area contributed by atoms with Gasteiger partial charge in [0.25, 0.3) is 5.91 Å². The molecule has 0 atom stereocenters. The first-order chi connectivity index (χ1) is 20.1. The number of ether oxygens (including phenoxy) is 1. The molecule has 4 aromatic carbocycles. The minimum Gasteiger partial charge on any atom is -0.478 e. The van der Waals surface area contributed by atoms with Crippen LogP contribution >= 0.6 is 0 Å². The van der Waals surface area contributed by atoms with E-state index in [0.29, 0.717) is 24.6 Å². The summed E-state index contributed by atoms with van der Waals surface area (Å²) in [7, 11) is 0.